The molecule has 0 aliphatic carbocycles. The fraction of sp³-hybridized carbons (Fsp3) is 0.471. The second kappa shape index (κ2) is 5.19. The first-order valence-corrected chi connectivity index (χ1v) is 7.59. The van der Waals surface area contributed by atoms with Gasteiger partial charge in [0.2, 0.25) is 0 Å². The van der Waals surface area contributed by atoms with Crippen molar-refractivity contribution in [3.63, 3.8) is 0 Å². The van der Waals surface area contributed by atoms with Crippen molar-refractivity contribution in [2.24, 2.45) is 0 Å². The van der Waals surface area contributed by atoms with Gasteiger partial charge in [0.05, 0.1) is 5.52 Å². The number of pyridine rings is 1. The number of rotatable bonds is 1. The van der Waals surface area contributed by atoms with Crippen molar-refractivity contribution in [1.82, 2.24) is 9.88 Å². The molecule has 4 heteroatoms. The largest absolute Gasteiger partial charge is 0.399 e. The SMILES string of the molecule is CC(C)(C)N1CCN(c2ccnc3cc(N)ccc23)CC1. The van der Waals surface area contributed by atoms with Crippen LogP contribution in [-0.2, 0) is 0 Å². The summed E-state index contributed by atoms with van der Waals surface area (Å²) in [6.45, 7) is 11.2. The van der Waals surface area contributed by atoms with E-state index in [1.165, 1.54) is 11.1 Å². The van der Waals surface area contributed by atoms with Gasteiger partial charge in [-0.15, -0.1) is 0 Å². The van der Waals surface area contributed by atoms with E-state index in [1.807, 2.05) is 18.3 Å². The van der Waals surface area contributed by atoms with E-state index < -0.39 is 0 Å². The molecule has 2 aromatic rings. The second-order valence-corrected chi connectivity index (χ2v) is 6.75. The molecule has 21 heavy (non-hydrogen) atoms. The first-order chi connectivity index (χ1) is 9.95. The Morgan fingerprint density at radius 3 is 2.43 bits per heavy atom. The molecule has 1 aliphatic rings. The summed E-state index contributed by atoms with van der Waals surface area (Å²) in [5.74, 6) is 0. The molecule has 1 aromatic carbocycles. The van der Waals surface area contributed by atoms with E-state index in [4.69, 9.17) is 5.73 Å². The van der Waals surface area contributed by atoms with E-state index in [2.05, 4.69) is 47.7 Å². The number of hydrogen-bond acceptors (Lipinski definition) is 4. The van der Waals surface area contributed by atoms with Crippen LogP contribution in [-0.4, -0.2) is 41.6 Å². The van der Waals surface area contributed by atoms with E-state index in [1.54, 1.807) is 0 Å². The van der Waals surface area contributed by atoms with Crippen LogP contribution >= 0.6 is 0 Å². The highest BCUT2D eigenvalue weighted by atomic mass is 15.3. The Bertz CT molecular complexity index is 637. The first kappa shape index (κ1) is 14.1. The van der Waals surface area contributed by atoms with E-state index in [-0.39, 0.29) is 5.54 Å². The predicted octanol–water partition coefficient (Wildman–Crippen LogP) is 2.74. The molecule has 1 fully saturated rings. The summed E-state index contributed by atoms with van der Waals surface area (Å²) in [7, 11) is 0. The lowest BCUT2D eigenvalue weighted by Gasteiger charge is -2.43. The van der Waals surface area contributed by atoms with Gasteiger partial charge in [-0.1, -0.05) is 0 Å². The normalized spacial score (nSPS) is 17.4. The third-order valence-corrected chi connectivity index (χ3v) is 4.31. The third-order valence-electron chi connectivity index (χ3n) is 4.31. The van der Waals surface area contributed by atoms with Crippen molar-refractivity contribution < 1.29 is 0 Å². The fourth-order valence-corrected chi connectivity index (χ4v) is 3.04. The van der Waals surface area contributed by atoms with Crippen molar-refractivity contribution in [1.29, 1.82) is 0 Å². The highest BCUT2D eigenvalue weighted by molar-refractivity contribution is 5.93. The molecule has 1 aromatic heterocycles. The average molecular weight is 284 g/mol. The van der Waals surface area contributed by atoms with Crippen LogP contribution in [0.1, 0.15) is 20.8 Å². The maximum atomic E-state index is 5.86. The van der Waals surface area contributed by atoms with Gasteiger partial charge >= 0.3 is 0 Å². The van der Waals surface area contributed by atoms with Crippen LogP contribution in [0.4, 0.5) is 11.4 Å². The Hall–Kier alpha value is -1.81. The number of nitrogen functional groups attached to an aromatic ring is 1. The molecule has 4 nitrogen and oxygen atoms in total. The predicted molar refractivity (Wildman–Crippen MR) is 89.7 cm³/mol. The molecule has 112 valence electrons. The summed E-state index contributed by atoms with van der Waals surface area (Å²) >= 11 is 0. The standard InChI is InChI=1S/C17H24N4/c1-17(2,3)21-10-8-20(9-11-21)16-6-7-19-15-12-13(18)4-5-14(15)16/h4-7,12H,8-11,18H2,1-3H3. The minimum Gasteiger partial charge on any atom is -0.399 e. The lowest BCUT2D eigenvalue weighted by atomic mass is 10.0. The molecule has 0 atom stereocenters. The van der Waals surface area contributed by atoms with Gasteiger partial charge in [0.15, 0.2) is 0 Å². The molecule has 1 saturated heterocycles. The van der Waals surface area contributed by atoms with Crippen LogP contribution in [0.15, 0.2) is 30.5 Å². The van der Waals surface area contributed by atoms with Gasteiger partial charge in [0, 0.05) is 54.7 Å². The topological polar surface area (TPSA) is 45.4 Å². The number of nitrogens with zero attached hydrogens (tertiary/aromatic N) is 3. The van der Waals surface area contributed by atoms with Gasteiger partial charge in [0.1, 0.15) is 0 Å². The first-order valence-electron chi connectivity index (χ1n) is 7.59. The van der Waals surface area contributed by atoms with Gasteiger partial charge in [-0.25, -0.2) is 0 Å². The quantitative estimate of drug-likeness (QED) is 0.818. The molecule has 0 unspecified atom stereocenters. The van der Waals surface area contributed by atoms with Gasteiger partial charge in [-0.2, -0.15) is 0 Å². The number of nitrogens with two attached hydrogens (primary N) is 1. The molecule has 2 N–H and O–H groups in total. The van der Waals surface area contributed by atoms with Gasteiger partial charge in [0.25, 0.3) is 0 Å². The van der Waals surface area contributed by atoms with E-state index in [0.717, 1.165) is 37.4 Å². The molecule has 0 radical (unpaired) electrons. The lowest BCUT2D eigenvalue weighted by Crippen LogP contribution is -2.53. The highest BCUT2D eigenvalue weighted by Gasteiger charge is 2.26. The zero-order valence-corrected chi connectivity index (χ0v) is 13.1. The molecule has 0 amide bonds. The summed E-state index contributed by atoms with van der Waals surface area (Å²) in [6, 6.07) is 8.11. The minimum atomic E-state index is 0.251. The second-order valence-electron chi connectivity index (χ2n) is 6.75. The molecular formula is C17H24N4. The minimum absolute atomic E-state index is 0.251. The third kappa shape index (κ3) is 2.81. The number of benzene rings is 1. The summed E-state index contributed by atoms with van der Waals surface area (Å²) in [6.07, 6.45) is 1.88. The smallest absolute Gasteiger partial charge is 0.0743 e. The van der Waals surface area contributed by atoms with Crippen LogP contribution in [0, 0.1) is 0 Å². The zero-order valence-electron chi connectivity index (χ0n) is 13.1. The molecule has 0 bridgehead atoms. The number of hydrogen-bond donors (Lipinski definition) is 1. The van der Waals surface area contributed by atoms with Gasteiger partial charge in [-0.05, 0) is 45.0 Å². The molecule has 3 rings (SSSR count). The fourth-order valence-electron chi connectivity index (χ4n) is 3.04. The van der Waals surface area contributed by atoms with Crippen molar-refractivity contribution in [2.75, 3.05) is 36.8 Å². The number of anilines is 2. The molecule has 1 aliphatic heterocycles. The summed E-state index contributed by atoms with van der Waals surface area (Å²) in [4.78, 5) is 9.44. The van der Waals surface area contributed by atoms with Crippen LogP contribution in [0.3, 0.4) is 0 Å². The van der Waals surface area contributed by atoms with E-state index in [9.17, 15) is 0 Å². The molecule has 0 spiro atoms. The Labute approximate surface area is 126 Å². The van der Waals surface area contributed by atoms with Gasteiger partial charge in [-0.3, -0.25) is 9.88 Å². The van der Waals surface area contributed by atoms with Crippen molar-refractivity contribution in [3.05, 3.63) is 30.5 Å². The van der Waals surface area contributed by atoms with Crippen LogP contribution in [0.5, 0.6) is 0 Å². The molecule has 0 saturated carbocycles. The van der Waals surface area contributed by atoms with Crippen molar-refractivity contribution >= 4 is 22.3 Å². The number of aromatic nitrogens is 1. The Morgan fingerprint density at radius 2 is 1.76 bits per heavy atom. The summed E-state index contributed by atoms with van der Waals surface area (Å²) in [5, 5.41) is 1.19. The van der Waals surface area contributed by atoms with Crippen molar-refractivity contribution in [2.45, 2.75) is 26.3 Å². The van der Waals surface area contributed by atoms with E-state index >= 15 is 0 Å². The Kier molecular flexibility index (Phi) is 3.49. The zero-order chi connectivity index (χ0) is 15.0. The number of fused-ring (bicyclic) bond motifs is 1. The van der Waals surface area contributed by atoms with Gasteiger partial charge < -0.3 is 10.6 Å². The Morgan fingerprint density at radius 1 is 1.05 bits per heavy atom. The molecular weight excluding hydrogens is 260 g/mol. The number of piperazine rings is 1. The van der Waals surface area contributed by atoms with Crippen LogP contribution in [0.2, 0.25) is 0 Å². The summed E-state index contributed by atoms with van der Waals surface area (Å²) in [5.41, 5.74) is 9.13. The average Bonchev–Trinajstić information content (AvgIpc) is 2.45. The van der Waals surface area contributed by atoms with Crippen molar-refractivity contribution in [3.8, 4) is 0 Å². The monoisotopic (exact) mass is 284 g/mol. The maximum Gasteiger partial charge on any atom is 0.0743 e. The Balaban J connectivity index is 1.86. The van der Waals surface area contributed by atoms with Crippen LogP contribution < -0.4 is 10.6 Å². The lowest BCUT2D eigenvalue weighted by molar-refractivity contribution is 0.128. The summed E-state index contributed by atoms with van der Waals surface area (Å²) < 4.78 is 0. The van der Waals surface area contributed by atoms with E-state index in [0.29, 0.717) is 0 Å². The highest BCUT2D eigenvalue weighted by Crippen LogP contribution is 2.28. The maximum absolute atomic E-state index is 5.86. The molecule has 2 heterocycles. The van der Waals surface area contributed by atoms with Crippen LogP contribution in [0.25, 0.3) is 10.9 Å².